The first-order valence-electron chi connectivity index (χ1n) is 9.26. The Morgan fingerprint density at radius 1 is 1.32 bits per heavy atom. The summed E-state index contributed by atoms with van der Waals surface area (Å²) in [6, 6.07) is 5.78. The lowest BCUT2D eigenvalue weighted by Crippen LogP contribution is -2.38. The van der Waals surface area contributed by atoms with Gasteiger partial charge < -0.3 is 20.3 Å². The Morgan fingerprint density at radius 3 is 2.96 bits per heavy atom. The molecule has 1 aliphatic rings. The lowest BCUT2D eigenvalue weighted by molar-refractivity contribution is 0.181. The predicted octanol–water partition coefficient (Wildman–Crippen LogP) is 3.02. The Kier molecular flexibility index (Phi) is 8.52. The average molecular weight is 351 g/mol. The first kappa shape index (κ1) is 19.5. The van der Waals surface area contributed by atoms with Crippen LogP contribution in [0.25, 0.3) is 0 Å². The van der Waals surface area contributed by atoms with Crippen molar-refractivity contribution < 1.29 is 13.9 Å². The van der Waals surface area contributed by atoms with E-state index in [1.54, 1.807) is 12.1 Å². The maximum absolute atomic E-state index is 13.0. The van der Waals surface area contributed by atoms with E-state index in [1.165, 1.54) is 38.1 Å². The molecule has 2 rings (SSSR count). The van der Waals surface area contributed by atoms with Gasteiger partial charge in [-0.25, -0.2) is 9.18 Å². The molecule has 0 spiro atoms. The summed E-state index contributed by atoms with van der Waals surface area (Å²) in [6.45, 7) is 7.23. The highest BCUT2D eigenvalue weighted by Crippen LogP contribution is 2.15. The molecule has 25 heavy (non-hydrogen) atoms. The standard InChI is InChI=1S/C19H30FN3O2/c1-16-6-5-12-23(15-16)11-3-2-9-21-19(24)22-10-13-25-18-8-4-7-17(20)14-18/h4,7-8,14,16H,2-3,5-6,9-13,15H2,1H3,(H2,21,22,24). The fourth-order valence-corrected chi connectivity index (χ4v) is 3.10. The zero-order valence-electron chi connectivity index (χ0n) is 15.1. The van der Waals surface area contributed by atoms with Crippen molar-refractivity contribution >= 4 is 6.03 Å². The molecule has 0 aromatic heterocycles. The second-order valence-electron chi connectivity index (χ2n) is 6.74. The normalized spacial score (nSPS) is 17.9. The van der Waals surface area contributed by atoms with Crippen LogP contribution in [0, 0.1) is 11.7 Å². The summed E-state index contributed by atoms with van der Waals surface area (Å²) in [7, 11) is 0. The van der Waals surface area contributed by atoms with E-state index in [0.717, 1.165) is 25.3 Å². The van der Waals surface area contributed by atoms with Gasteiger partial charge >= 0.3 is 6.03 Å². The van der Waals surface area contributed by atoms with E-state index in [-0.39, 0.29) is 11.8 Å². The molecule has 140 valence electrons. The summed E-state index contributed by atoms with van der Waals surface area (Å²) >= 11 is 0. The third-order valence-electron chi connectivity index (χ3n) is 4.38. The van der Waals surface area contributed by atoms with Gasteiger partial charge in [0.1, 0.15) is 18.2 Å². The lowest BCUT2D eigenvalue weighted by Gasteiger charge is -2.30. The van der Waals surface area contributed by atoms with Crippen LogP contribution in [0.1, 0.15) is 32.6 Å². The summed E-state index contributed by atoms with van der Waals surface area (Å²) in [5.74, 6) is 0.948. The SMILES string of the molecule is CC1CCCN(CCCCNC(=O)NCCOc2cccc(F)c2)C1. The summed E-state index contributed by atoms with van der Waals surface area (Å²) in [5.41, 5.74) is 0. The number of piperidine rings is 1. The molecule has 1 aromatic rings. The monoisotopic (exact) mass is 351 g/mol. The van der Waals surface area contributed by atoms with Gasteiger partial charge in [-0.1, -0.05) is 13.0 Å². The Hall–Kier alpha value is -1.82. The number of hydrogen-bond donors (Lipinski definition) is 2. The van der Waals surface area contributed by atoms with Gasteiger partial charge in [0, 0.05) is 19.2 Å². The van der Waals surface area contributed by atoms with Crippen LogP contribution in [-0.2, 0) is 0 Å². The molecule has 1 fully saturated rings. The van der Waals surface area contributed by atoms with E-state index in [2.05, 4.69) is 22.5 Å². The van der Waals surface area contributed by atoms with Crippen LogP contribution in [0.2, 0.25) is 0 Å². The number of halogens is 1. The Balaban J connectivity index is 1.44. The summed E-state index contributed by atoms with van der Waals surface area (Å²) in [6.07, 6.45) is 4.74. The van der Waals surface area contributed by atoms with Gasteiger partial charge in [-0.2, -0.15) is 0 Å². The second kappa shape index (κ2) is 10.9. The Morgan fingerprint density at radius 2 is 2.16 bits per heavy atom. The van der Waals surface area contributed by atoms with Gasteiger partial charge in [-0.15, -0.1) is 0 Å². The highest BCUT2D eigenvalue weighted by atomic mass is 19.1. The molecule has 0 saturated carbocycles. The van der Waals surface area contributed by atoms with Crippen molar-refractivity contribution in [3.63, 3.8) is 0 Å². The molecule has 0 bridgehead atoms. The minimum absolute atomic E-state index is 0.186. The Labute approximate surface area is 149 Å². The predicted molar refractivity (Wildman–Crippen MR) is 97.4 cm³/mol. The van der Waals surface area contributed by atoms with E-state index in [1.807, 2.05) is 0 Å². The number of hydrogen-bond acceptors (Lipinski definition) is 3. The number of urea groups is 1. The quantitative estimate of drug-likeness (QED) is 0.673. The number of benzene rings is 1. The molecule has 6 heteroatoms. The van der Waals surface area contributed by atoms with Crippen LogP contribution >= 0.6 is 0 Å². The topological polar surface area (TPSA) is 53.6 Å². The first-order valence-corrected chi connectivity index (χ1v) is 9.26. The third-order valence-corrected chi connectivity index (χ3v) is 4.38. The van der Waals surface area contributed by atoms with Gasteiger partial charge in [0.05, 0.1) is 6.54 Å². The number of nitrogens with zero attached hydrogens (tertiary/aromatic N) is 1. The van der Waals surface area contributed by atoms with Crippen molar-refractivity contribution in [1.82, 2.24) is 15.5 Å². The maximum Gasteiger partial charge on any atom is 0.314 e. The zero-order chi connectivity index (χ0) is 17.9. The molecule has 1 heterocycles. The lowest BCUT2D eigenvalue weighted by atomic mass is 10.0. The number of unbranched alkanes of at least 4 members (excludes halogenated alkanes) is 1. The molecule has 1 unspecified atom stereocenters. The number of rotatable bonds is 9. The molecule has 1 aromatic carbocycles. The third kappa shape index (κ3) is 8.20. The number of nitrogens with one attached hydrogen (secondary N) is 2. The van der Waals surface area contributed by atoms with Gasteiger partial charge in [-0.05, 0) is 56.8 Å². The minimum Gasteiger partial charge on any atom is -0.492 e. The molecule has 2 amide bonds. The molecular formula is C19H30FN3O2. The molecule has 1 saturated heterocycles. The first-order chi connectivity index (χ1) is 12.1. The van der Waals surface area contributed by atoms with Crippen LogP contribution < -0.4 is 15.4 Å². The van der Waals surface area contributed by atoms with Crippen LogP contribution in [0.15, 0.2) is 24.3 Å². The highest BCUT2D eigenvalue weighted by Gasteiger charge is 2.15. The van der Waals surface area contributed by atoms with E-state index in [9.17, 15) is 9.18 Å². The van der Waals surface area contributed by atoms with Crippen LogP contribution in [0.5, 0.6) is 5.75 Å². The minimum atomic E-state index is -0.331. The summed E-state index contributed by atoms with van der Waals surface area (Å²) < 4.78 is 18.3. The van der Waals surface area contributed by atoms with E-state index < -0.39 is 0 Å². The number of likely N-dealkylation sites (tertiary alicyclic amines) is 1. The van der Waals surface area contributed by atoms with Crippen LogP contribution in [0.4, 0.5) is 9.18 Å². The molecule has 1 atom stereocenters. The van der Waals surface area contributed by atoms with Crippen molar-refractivity contribution in [1.29, 1.82) is 0 Å². The summed E-state index contributed by atoms with van der Waals surface area (Å²) in [5, 5.41) is 5.59. The van der Waals surface area contributed by atoms with Gasteiger partial charge in [0.15, 0.2) is 0 Å². The molecule has 2 N–H and O–H groups in total. The van der Waals surface area contributed by atoms with Crippen molar-refractivity contribution in [3.8, 4) is 5.75 Å². The van der Waals surface area contributed by atoms with Gasteiger partial charge in [-0.3, -0.25) is 0 Å². The van der Waals surface area contributed by atoms with E-state index >= 15 is 0 Å². The molecule has 1 aliphatic heterocycles. The van der Waals surface area contributed by atoms with Gasteiger partial charge in [0.25, 0.3) is 0 Å². The van der Waals surface area contributed by atoms with Gasteiger partial charge in [0.2, 0.25) is 0 Å². The number of ether oxygens (including phenoxy) is 1. The number of amides is 2. The van der Waals surface area contributed by atoms with Crippen molar-refractivity contribution in [2.75, 3.05) is 39.3 Å². The number of carbonyl (C=O) groups excluding carboxylic acids is 1. The fourth-order valence-electron chi connectivity index (χ4n) is 3.10. The summed E-state index contributed by atoms with van der Waals surface area (Å²) in [4.78, 5) is 14.2. The maximum atomic E-state index is 13.0. The molecule has 0 radical (unpaired) electrons. The fraction of sp³-hybridized carbons (Fsp3) is 0.632. The van der Waals surface area contributed by atoms with E-state index in [4.69, 9.17) is 4.74 Å². The largest absolute Gasteiger partial charge is 0.492 e. The van der Waals surface area contributed by atoms with Crippen molar-refractivity contribution in [3.05, 3.63) is 30.1 Å². The average Bonchev–Trinajstić information content (AvgIpc) is 2.59. The van der Waals surface area contributed by atoms with Crippen molar-refractivity contribution in [2.45, 2.75) is 32.6 Å². The van der Waals surface area contributed by atoms with E-state index in [0.29, 0.717) is 25.4 Å². The van der Waals surface area contributed by atoms with Crippen LogP contribution in [0.3, 0.4) is 0 Å². The molecule has 5 nitrogen and oxygen atoms in total. The van der Waals surface area contributed by atoms with Crippen molar-refractivity contribution in [2.24, 2.45) is 5.92 Å². The number of carbonyl (C=O) groups is 1. The highest BCUT2D eigenvalue weighted by molar-refractivity contribution is 5.73. The molecule has 0 aliphatic carbocycles. The Bertz CT molecular complexity index is 527. The second-order valence-corrected chi connectivity index (χ2v) is 6.74. The smallest absolute Gasteiger partial charge is 0.314 e. The van der Waals surface area contributed by atoms with Crippen LogP contribution in [-0.4, -0.2) is 50.3 Å². The zero-order valence-corrected chi connectivity index (χ0v) is 15.1. The molecular weight excluding hydrogens is 321 g/mol.